The van der Waals surface area contributed by atoms with Gasteiger partial charge in [0.1, 0.15) is 0 Å². The summed E-state index contributed by atoms with van der Waals surface area (Å²) in [5, 5.41) is 8.61. The van der Waals surface area contributed by atoms with Gasteiger partial charge in [0.15, 0.2) is 0 Å². The maximum atomic E-state index is 10.5. The Bertz CT molecular complexity index is 208. The number of carboxylic acids is 1. The maximum Gasteiger partial charge on any atom is 0.303 e. The molecule has 0 aromatic carbocycles. The van der Waals surface area contributed by atoms with Crippen molar-refractivity contribution in [1.29, 1.82) is 0 Å². The van der Waals surface area contributed by atoms with Gasteiger partial charge in [0.2, 0.25) is 0 Å². The first-order valence-electron chi connectivity index (χ1n) is 6.24. The summed E-state index contributed by atoms with van der Waals surface area (Å²) in [4.78, 5) is 12.9. The van der Waals surface area contributed by atoms with Crippen LogP contribution >= 0.6 is 0 Å². The van der Waals surface area contributed by atoms with Crippen molar-refractivity contribution in [1.82, 2.24) is 4.90 Å². The smallest absolute Gasteiger partial charge is 0.303 e. The molecule has 1 rings (SSSR count). The molecule has 0 aliphatic carbocycles. The van der Waals surface area contributed by atoms with E-state index in [9.17, 15) is 4.79 Å². The molecule has 0 spiro atoms. The Balaban J connectivity index is 2.03. The molecule has 1 aliphatic rings. The average Bonchev–Trinajstić information content (AvgIpc) is 2.70. The summed E-state index contributed by atoms with van der Waals surface area (Å²) < 4.78 is 5.29. The molecule has 0 amide bonds. The lowest BCUT2D eigenvalue weighted by molar-refractivity contribution is -0.137. The van der Waals surface area contributed by atoms with Gasteiger partial charge in [-0.1, -0.05) is 0 Å². The van der Waals surface area contributed by atoms with Crippen LogP contribution in [-0.4, -0.2) is 48.8 Å². The van der Waals surface area contributed by atoms with E-state index in [0.717, 1.165) is 52.1 Å². The molecule has 94 valence electrons. The summed E-state index contributed by atoms with van der Waals surface area (Å²) in [5.74, 6) is -0.0852. The third-order valence-electron chi connectivity index (χ3n) is 3.10. The molecule has 1 aliphatic heterocycles. The lowest BCUT2D eigenvalue weighted by atomic mass is 10.0. The minimum absolute atomic E-state index is 0.317. The van der Waals surface area contributed by atoms with Crippen molar-refractivity contribution in [3.8, 4) is 0 Å². The molecule has 0 saturated carbocycles. The Kier molecular flexibility index (Phi) is 6.42. The summed E-state index contributed by atoms with van der Waals surface area (Å²) in [6.07, 6.45) is 3.39. The minimum Gasteiger partial charge on any atom is -0.481 e. The molecule has 1 N–H and O–H groups in total. The number of carboxylic acid groups (broad SMARTS) is 1. The Morgan fingerprint density at radius 2 is 2.38 bits per heavy atom. The van der Waals surface area contributed by atoms with Crippen LogP contribution in [0, 0.1) is 5.92 Å². The zero-order valence-corrected chi connectivity index (χ0v) is 10.2. The summed E-state index contributed by atoms with van der Waals surface area (Å²) in [7, 11) is 0. The van der Waals surface area contributed by atoms with E-state index in [1.807, 2.05) is 6.92 Å². The topological polar surface area (TPSA) is 49.8 Å². The molecule has 0 aromatic rings. The standard InChI is InChI=1S/C12H23NO3/c1-2-16-9-3-7-13-8-6-11(10-13)4-5-12(14)15/h11H,2-10H2,1H3,(H,14,15). The van der Waals surface area contributed by atoms with Crippen LogP contribution in [0.15, 0.2) is 0 Å². The van der Waals surface area contributed by atoms with Crippen LogP contribution in [-0.2, 0) is 9.53 Å². The first kappa shape index (κ1) is 13.5. The number of likely N-dealkylation sites (tertiary alicyclic amines) is 1. The van der Waals surface area contributed by atoms with Crippen molar-refractivity contribution < 1.29 is 14.6 Å². The number of hydrogen-bond donors (Lipinski definition) is 1. The molecule has 16 heavy (non-hydrogen) atoms. The first-order chi connectivity index (χ1) is 7.72. The number of hydrogen-bond acceptors (Lipinski definition) is 3. The third kappa shape index (κ3) is 5.47. The first-order valence-corrected chi connectivity index (χ1v) is 6.24. The second kappa shape index (κ2) is 7.63. The van der Waals surface area contributed by atoms with Gasteiger partial charge in [-0.25, -0.2) is 0 Å². The van der Waals surface area contributed by atoms with Gasteiger partial charge in [0.05, 0.1) is 0 Å². The molecule has 1 heterocycles. The van der Waals surface area contributed by atoms with Gasteiger partial charge >= 0.3 is 5.97 Å². The highest BCUT2D eigenvalue weighted by Gasteiger charge is 2.22. The lowest BCUT2D eigenvalue weighted by Gasteiger charge is -2.15. The number of carbonyl (C=O) groups is 1. The van der Waals surface area contributed by atoms with E-state index in [-0.39, 0.29) is 0 Å². The van der Waals surface area contributed by atoms with Crippen molar-refractivity contribution >= 4 is 5.97 Å². The van der Waals surface area contributed by atoms with Crippen LogP contribution in [0.2, 0.25) is 0 Å². The quantitative estimate of drug-likeness (QED) is 0.642. The number of ether oxygens (including phenoxy) is 1. The molecule has 0 bridgehead atoms. The van der Waals surface area contributed by atoms with E-state index in [0.29, 0.717) is 12.3 Å². The molecule has 4 nitrogen and oxygen atoms in total. The molecule has 0 aromatic heterocycles. The lowest BCUT2D eigenvalue weighted by Crippen LogP contribution is -2.23. The fourth-order valence-corrected chi connectivity index (χ4v) is 2.21. The molecule has 4 heteroatoms. The zero-order chi connectivity index (χ0) is 11.8. The second-order valence-electron chi connectivity index (χ2n) is 4.44. The van der Waals surface area contributed by atoms with Gasteiger partial charge in [-0.3, -0.25) is 4.79 Å². The highest BCUT2D eigenvalue weighted by atomic mass is 16.5. The van der Waals surface area contributed by atoms with Crippen LogP contribution in [0.5, 0.6) is 0 Å². The van der Waals surface area contributed by atoms with Crippen LogP contribution in [0.3, 0.4) is 0 Å². The summed E-state index contributed by atoms with van der Waals surface area (Å²) in [6, 6.07) is 0. The van der Waals surface area contributed by atoms with Crippen molar-refractivity contribution in [2.75, 3.05) is 32.8 Å². The molecule has 1 saturated heterocycles. The molecule has 1 unspecified atom stereocenters. The monoisotopic (exact) mass is 229 g/mol. The Hall–Kier alpha value is -0.610. The Labute approximate surface area is 97.6 Å². The number of aliphatic carboxylic acids is 1. The normalized spacial score (nSPS) is 21.4. The minimum atomic E-state index is -0.671. The summed E-state index contributed by atoms with van der Waals surface area (Å²) in [6.45, 7) is 6.92. The second-order valence-corrected chi connectivity index (χ2v) is 4.44. The molecule has 0 radical (unpaired) electrons. The fourth-order valence-electron chi connectivity index (χ4n) is 2.21. The van der Waals surface area contributed by atoms with E-state index in [4.69, 9.17) is 9.84 Å². The van der Waals surface area contributed by atoms with E-state index in [2.05, 4.69) is 4.90 Å². The predicted octanol–water partition coefficient (Wildman–Crippen LogP) is 1.60. The number of nitrogens with zero attached hydrogens (tertiary/aromatic N) is 1. The Morgan fingerprint density at radius 3 is 3.06 bits per heavy atom. The SMILES string of the molecule is CCOCCCN1CCC(CCC(=O)O)C1. The molecule has 1 atom stereocenters. The Morgan fingerprint density at radius 1 is 1.56 bits per heavy atom. The van der Waals surface area contributed by atoms with Gasteiger partial charge in [0.25, 0.3) is 0 Å². The fraction of sp³-hybridized carbons (Fsp3) is 0.917. The van der Waals surface area contributed by atoms with E-state index in [1.54, 1.807) is 0 Å². The highest BCUT2D eigenvalue weighted by Crippen LogP contribution is 2.20. The van der Waals surface area contributed by atoms with Crippen molar-refractivity contribution in [2.24, 2.45) is 5.92 Å². The average molecular weight is 229 g/mol. The molecular weight excluding hydrogens is 206 g/mol. The predicted molar refractivity (Wildman–Crippen MR) is 62.5 cm³/mol. The zero-order valence-electron chi connectivity index (χ0n) is 10.2. The van der Waals surface area contributed by atoms with Crippen LogP contribution in [0.25, 0.3) is 0 Å². The molecule has 1 fully saturated rings. The third-order valence-corrected chi connectivity index (χ3v) is 3.10. The van der Waals surface area contributed by atoms with Crippen LogP contribution in [0.1, 0.15) is 32.6 Å². The van der Waals surface area contributed by atoms with Crippen LogP contribution < -0.4 is 0 Å². The van der Waals surface area contributed by atoms with Crippen molar-refractivity contribution in [2.45, 2.75) is 32.6 Å². The maximum absolute atomic E-state index is 10.5. The highest BCUT2D eigenvalue weighted by molar-refractivity contribution is 5.66. The van der Waals surface area contributed by atoms with E-state index in [1.165, 1.54) is 0 Å². The van der Waals surface area contributed by atoms with Gasteiger partial charge in [0, 0.05) is 32.7 Å². The summed E-state index contributed by atoms with van der Waals surface area (Å²) in [5.41, 5.74) is 0. The van der Waals surface area contributed by atoms with Crippen LogP contribution in [0.4, 0.5) is 0 Å². The summed E-state index contributed by atoms with van der Waals surface area (Å²) >= 11 is 0. The van der Waals surface area contributed by atoms with Gasteiger partial charge in [-0.15, -0.1) is 0 Å². The van der Waals surface area contributed by atoms with E-state index < -0.39 is 5.97 Å². The van der Waals surface area contributed by atoms with Gasteiger partial charge in [-0.05, 0) is 38.6 Å². The number of rotatable bonds is 8. The van der Waals surface area contributed by atoms with Crippen molar-refractivity contribution in [3.05, 3.63) is 0 Å². The van der Waals surface area contributed by atoms with Crippen molar-refractivity contribution in [3.63, 3.8) is 0 Å². The van der Waals surface area contributed by atoms with Gasteiger partial charge < -0.3 is 14.7 Å². The largest absolute Gasteiger partial charge is 0.481 e. The van der Waals surface area contributed by atoms with E-state index >= 15 is 0 Å². The van der Waals surface area contributed by atoms with Gasteiger partial charge in [-0.2, -0.15) is 0 Å². The molecular formula is C12H23NO3.